The zero-order chi connectivity index (χ0) is 9.52. The van der Waals surface area contributed by atoms with E-state index in [1.165, 1.54) is 18.4 Å². The monoisotopic (exact) mass is 241 g/mol. The van der Waals surface area contributed by atoms with Crippen molar-refractivity contribution in [1.82, 2.24) is 3.93 Å². The fourth-order valence-corrected chi connectivity index (χ4v) is 1.73. The molecule has 0 saturated carbocycles. The highest BCUT2D eigenvalue weighted by Gasteiger charge is 2.10. The van der Waals surface area contributed by atoms with Crippen molar-refractivity contribution in [2.45, 2.75) is 26.3 Å². The van der Waals surface area contributed by atoms with E-state index in [2.05, 4.69) is 51.3 Å². The molecule has 0 amide bonds. The lowest BCUT2D eigenvalue weighted by molar-refractivity contribution is 0.588. The van der Waals surface area contributed by atoms with Crippen LogP contribution in [0.25, 0.3) is 0 Å². The Balaban J connectivity index is 2.32. The van der Waals surface area contributed by atoms with Crippen LogP contribution in [0.2, 0.25) is 0 Å². The minimum absolute atomic E-state index is 0.987. The maximum absolute atomic E-state index is 3.55. The average molecular weight is 242 g/mol. The van der Waals surface area contributed by atoms with Crippen LogP contribution in [-0.2, 0) is 6.54 Å². The molecule has 0 spiro atoms. The summed E-state index contributed by atoms with van der Waals surface area (Å²) >= 11 is 3.55. The van der Waals surface area contributed by atoms with Crippen molar-refractivity contribution in [2.24, 2.45) is 0 Å². The molecule has 0 aliphatic rings. The molecule has 1 nitrogen and oxygen atoms in total. The van der Waals surface area contributed by atoms with Crippen molar-refractivity contribution in [3.05, 3.63) is 35.9 Å². The fourth-order valence-electron chi connectivity index (χ4n) is 1.19. The lowest BCUT2D eigenvalue weighted by Crippen LogP contribution is -2.18. The van der Waals surface area contributed by atoms with Gasteiger partial charge in [0.15, 0.2) is 6.54 Å². The zero-order valence-corrected chi connectivity index (χ0v) is 9.63. The van der Waals surface area contributed by atoms with E-state index in [1.807, 2.05) is 6.07 Å². The van der Waals surface area contributed by atoms with Crippen LogP contribution in [0.4, 0.5) is 0 Å². The van der Waals surface area contributed by atoms with Crippen LogP contribution in [0, 0.1) is 0 Å². The predicted molar refractivity (Wildman–Crippen MR) is 61.0 cm³/mol. The largest absolute Gasteiger partial charge is 0.287 e. The third kappa shape index (κ3) is 4.44. The number of hydrogen-bond donors (Lipinski definition) is 0. The van der Waals surface area contributed by atoms with Crippen LogP contribution in [-0.4, -0.2) is 6.54 Å². The minimum Gasteiger partial charge on any atom is -0.0923 e. The van der Waals surface area contributed by atoms with Crippen LogP contribution in [0.5, 0.6) is 0 Å². The molecule has 0 bridgehead atoms. The molecule has 0 atom stereocenters. The summed E-state index contributed by atoms with van der Waals surface area (Å²) in [6.07, 6.45) is 2.50. The van der Waals surface area contributed by atoms with E-state index in [1.54, 1.807) is 0 Å². The van der Waals surface area contributed by atoms with Crippen LogP contribution in [0.3, 0.4) is 0 Å². The van der Waals surface area contributed by atoms with Gasteiger partial charge >= 0.3 is 0 Å². The molecular formula is C11H16BrN+. The van der Waals surface area contributed by atoms with Gasteiger partial charge in [-0.25, -0.2) is 0 Å². The van der Waals surface area contributed by atoms with Crippen LogP contribution < -0.4 is 3.93 Å². The Bertz CT molecular complexity index is 223. The molecule has 1 radical (unpaired) electrons. The lowest BCUT2D eigenvalue weighted by atomic mass is 10.2. The van der Waals surface area contributed by atoms with Crippen molar-refractivity contribution in [1.29, 1.82) is 0 Å². The smallest absolute Gasteiger partial charge is 0.0923 e. The van der Waals surface area contributed by atoms with Crippen molar-refractivity contribution in [3.8, 4) is 0 Å². The van der Waals surface area contributed by atoms with Crippen LogP contribution in [0.1, 0.15) is 25.3 Å². The number of rotatable bonds is 5. The first kappa shape index (κ1) is 10.7. The maximum atomic E-state index is 3.55. The van der Waals surface area contributed by atoms with Gasteiger partial charge < -0.3 is 0 Å². The molecule has 1 aromatic rings. The number of unbranched alkanes of at least 4 members (excludes halogenated alkanes) is 1. The Kier molecular flexibility index (Phi) is 5.09. The van der Waals surface area contributed by atoms with Gasteiger partial charge in [0.1, 0.15) is 6.54 Å². The molecule has 0 N–H and O–H groups in total. The van der Waals surface area contributed by atoms with E-state index < -0.39 is 0 Å². The third-order valence-corrected chi connectivity index (χ3v) is 2.56. The minimum atomic E-state index is 0.987. The molecule has 0 saturated heterocycles. The molecule has 71 valence electrons. The summed E-state index contributed by atoms with van der Waals surface area (Å²) in [5.41, 5.74) is 1.36. The summed E-state index contributed by atoms with van der Waals surface area (Å²) in [4.78, 5) is 0. The SMILES string of the molecule is CCCC[N+](Br)Cc1ccccc1. The second-order valence-corrected chi connectivity index (χ2v) is 4.19. The Morgan fingerprint density at radius 1 is 1.23 bits per heavy atom. The number of nitrogens with zero attached hydrogens (tertiary/aromatic N) is 1. The molecule has 0 aromatic heterocycles. The van der Waals surface area contributed by atoms with Crippen molar-refractivity contribution >= 4 is 16.1 Å². The molecule has 0 unspecified atom stereocenters. The molecule has 1 aromatic carbocycles. The summed E-state index contributed by atoms with van der Waals surface area (Å²) in [6.45, 7) is 4.32. The topological polar surface area (TPSA) is 5.90 Å². The molecular weight excluding hydrogens is 226 g/mol. The van der Waals surface area contributed by atoms with E-state index in [9.17, 15) is 0 Å². The van der Waals surface area contributed by atoms with Crippen molar-refractivity contribution in [2.75, 3.05) is 6.54 Å². The predicted octanol–water partition coefficient (Wildman–Crippen LogP) is 3.44. The second kappa shape index (κ2) is 6.17. The van der Waals surface area contributed by atoms with Crippen LogP contribution in [0.15, 0.2) is 30.3 Å². The summed E-state index contributed by atoms with van der Waals surface area (Å²) in [7, 11) is 0. The first-order chi connectivity index (χ1) is 6.33. The Labute approximate surface area is 89.1 Å². The highest BCUT2D eigenvalue weighted by molar-refractivity contribution is 9.08. The van der Waals surface area contributed by atoms with Gasteiger partial charge in [-0.1, -0.05) is 47.6 Å². The highest BCUT2D eigenvalue weighted by Crippen LogP contribution is 2.06. The lowest BCUT2D eigenvalue weighted by Gasteiger charge is -2.02. The summed E-state index contributed by atoms with van der Waals surface area (Å²) in [6, 6.07) is 10.5. The molecule has 0 heterocycles. The second-order valence-electron chi connectivity index (χ2n) is 3.18. The number of halogens is 1. The third-order valence-electron chi connectivity index (χ3n) is 1.95. The van der Waals surface area contributed by atoms with E-state index in [0.717, 1.165) is 13.1 Å². The Morgan fingerprint density at radius 3 is 2.54 bits per heavy atom. The van der Waals surface area contributed by atoms with Gasteiger partial charge in [-0.05, 0) is 0 Å². The highest BCUT2D eigenvalue weighted by atomic mass is 79.9. The first-order valence-corrected chi connectivity index (χ1v) is 5.48. The van der Waals surface area contributed by atoms with Gasteiger partial charge in [0.25, 0.3) is 16.1 Å². The normalized spacial score (nSPS) is 10.7. The number of hydrogen-bond acceptors (Lipinski definition) is 1. The van der Waals surface area contributed by atoms with E-state index >= 15 is 0 Å². The summed E-state index contributed by atoms with van der Waals surface area (Å²) in [5, 5.41) is 0. The fraction of sp³-hybridized carbons (Fsp3) is 0.455. The van der Waals surface area contributed by atoms with Crippen molar-refractivity contribution in [3.63, 3.8) is 0 Å². The molecule has 13 heavy (non-hydrogen) atoms. The van der Waals surface area contributed by atoms with Gasteiger partial charge in [0.05, 0.1) is 0 Å². The van der Waals surface area contributed by atoms with Crippen LogP contribution >= 0.6 is 16.1 Å². The maximum Gasteiger partial charge on any atom is 0.287 e. The number of benzene rings is 1. The van der Waals surface area contributed by atoms with E-state index in [0.29, 0.717) is 0 Å². The van der Waals surface area contributed by atoms with E-state index in [4.69, 9.17) is 0 Å². The van der Waals surface area contributed by atoms with Gasteiger partial charge in [-0.15, -0.1) is 0 Å². The van der Waals surface area contributed by atoms with Gasteiger partial charge in [0, 0.05) is 12.0 Å². The quantitative estimate of drug-likeness (QED) is 0.697. The molecule has 1 rings (SSSR count). The molecule has 0 fully saturated rings. The Hall–Kier alpha value is -0.340. The first-order valence-electron chi connectivity index (χ1n) is 4.77. The Morgan fingerprint density at radius 2 is 1.92 bits per heavy atom. The standard InChI is InChI=1S/C11H16BrN/c1-2-3-9-13(12)10-11-7-5-4-6-8-11/h4-8H,2-3,9-10H2,1H3/q+1. The zero-order valence-electron chi connectivity index (χ0n) is 8.04. The molecule has 2 heteroatoms. The summed E-state index contributed by atoms with van der Waals surface area (Å²) < 4.78 is 2.19. The van der Waals surface area contributed by atoms with E-state index in [-0.39, 0.29) is 0 Å². The average Bonchev–Trinajstić information content (AvgIpc) is 2.16. The molecule has 0 aliphatic carbocycles. The van der Waals surface area contributed by atoms with Crippen molar-refractivity contribution < 1.29 is 0 Å². The summed E-state index contributed by atoms with van der Waals surface area (Å²) in [5.74, 6) is 0. The molecule has 0 aliphatic heterocycles. The van der Waals surface area contributed by atoms with Gasteiger partial charge in [0.2, 0.25) is 0 Å². The van der Waals surface area contributed by atoms with Gasteiger partial charge in [-0.3, -0.25) is 0 Å². The van der Waals surface area contributed by atoms with Gasteiger partial charge in [-0.2, -0.15) is 0 Å².